The third kappa shape index (κ3) is 6.39. The smallest absolute Gasteiger partial charge is 0.355 e. The molecule has 4 heterocycles. The maximum Gasteiger partial charge on any atom is 0.355 e. The Balaban J connectivity index is 0.00000462. The van der Waals surface area contributed by atoms with E-state index < -0.39 is 46.9 Å². The van der Waals surface area contributed by atoms with Gasteiger partial charge in [0.1, 0.15) is 22.8 Å². The van der Waals surface area contributed by atoms with Gasteiger partial charge in [-0.3, -0.25) is 28.9 Å². The number of Topliss-reactive ketones (excluding diaryl/α,β-unsaturated/α-hetero) is 1. The molecule has 41 heavy (non-hydrogen) atoms. The number of ketones is 1. The fraction of sp³-hybridized carbons (Fsp3) is 0.458. The van der Waals surface area contributed by atoms with Crippen LogP contribution >= 0.6 is 35.5 Å². The van der Waals surface area contributed by atoms with E-state index in [1.807, 2.05) is 0 Å². The van der Waals surface area contributed by atoms with E-state index in [1.54, 1.807) is 20.8 Å². The van der Waals surface area contributed by atoms with Crippen LogP contribution in [0.15, 0.2) is 33.5 Å². The van der Waals surface area contributed by atoms with Crippen molar-refractivity contribution in [2.75, 3.05) is 31.7 Å². The summed E-state index contributed by atoms with van der Waals surface area (Å²) in [6, 6.07) is -1.06. The highest BCUT2D eigenvalue weighted by Gasteiger charge is 2.54. The van der Waals surface area contributed by atoms with Crippen molar-refractivity contribution in [3.63, 3.8) is 0 Å². The van der Waals surface area contributed by atoms with Gasteiger partial charge in [-0.15, -0.1) is 35.5 Å². The molecule has 0 saturated carbocycles. The number of rotatable bonds is 8. The van der Waals surface area contributed by atoms with Crippen LogP contribution in [0.4, 0.5) is 5.13 Å². The molecule has 4 rings (SSSR count). The molecule has 0 spiro atoms. The highest BCUT2D eigenvalue weighted by Crippen LogP contribution is 2.41. The third-order valence-corrected chi connectivity index (χ3v) is 8.36. The molecule has 2 atom stereocenters. The first-order chi connectivity index (χ1) is 18.9. The number of aromatic nitrogens is 1. The number of halogens is 1. The van der Waals surface area contributed by atoms with Crippen LogP contribution < -0.4 is 11.1 Å². The molecule has 4 N–H and O–H groups in total. The zero-order valence-electron chi connectivity index (χ0n) is 22.5. The van der Waals surface area contributed by atoms with E-state index in [2.05, 4.69) is 15.5 Å². The Morgan fingerprint density at radius 1 is 1.32 bits per heavy atom. The van der Waals surface area contributed by atoms with Crippen molar-refractivity contribution in [2.45, 2.75) is 38.6 Å². The molecule has 3 aliphatic heterocycles. The summed E-state index contributed by atoms with van der Waals surface area (Å²) in [7, 11) is 1.37. The van der Waals surface area contributed by atoms with Crippen molar-refractivity contribution in [1.82, 2.24) is 20.3 Å². The van der Waals surface area contributed by atoms with Gasteiger partial charge >= 0.3 is 5.97 Å². The van der Waals surface area contributed by atoms with Crippen molar-refractivity contribution in [3.8, 4) is 0 Å². The first-order valence-electron chi connectivity index (χ1n) is 12.1. The largest absolute Gasteiger partial charge is 0.453 e. The molecule has 3 amide bonds. The van der Waals surface area contributed by atoms with Crippen LogP contribution in [0, 0.1) is 5.41 Å². The number of amides is 3. The third-order valence-electron chi connectivity index (χ3n) is 6.38. The number of carbonyl (C=O) groups is 5. The van der Waals surface area contributed by atoms with Gasteiger partial charge in [0, 0.05) is 22.1 Å². The van der Waals surface area contributed by atoms with E-state index >= 15 is 0 Å². The van der Waals surface area contributed by atoms with E-state index in [-0.39, 0.29) is 46.4 Å². The van der Waals surface area contributed by atoms with Gasteiger partial charge < -0.3 is 21.0 Å². The summed E-state index contributed by atoms with van der Waals surface area (Å²) in [4.78, 5) is 74.5. The summed E-state index contributed by atoms with van der Waals surface area (Å²) in [5.41, 5.74) is 5.10. The minimum Gasteiger partial charge on any atom is -0.453 e. The molecule has 17 heteroatoms. The lowest BCUT2D eigenvalue weighted by molar-refractivity contribution is -0.164. The van der Waals surface area contributed by atoms with E-state index in [0.717, 1.165) is 11.3 Å². The Morgan fingerprint density at radius 2 is 2.02 bits per heavy atom. The van der Waals surface area contributed by atoms with Gasteiger partial charge in [0.15, 0.2) is 23.2 Å². The lowest BCUT2D eigenvalue weighted by atomic mass is 9.91. The van der Waals surface area contributed by atoms with Crippen LogP contribution in [-0.2, 0) is 33.5 Å². The number of nitrogens with one attached hydrogen (secondary N) is 1. The molecule has 1 aromatic heterocycles. The van der Waals surface area contributed by atoms with Gasteiger partial charge in [-0.2, -0.15) is 0 Å². The number of thioether (sulfide) groups is 1. The molecule has 2 saturated heterocycles. The molecular weight excluding hydrogens is 600 g/mol. The minimum atomic E-state index is -1.06. The number of nitrogens with zero attached hydrogens (tertiary/aromatic N) is 4. The second kappa shape index (κ2) is 12.6. The van der Waals surface area contributed by atoms with Gasteiger partial charge in [-0.05, 0) is 18.1 Å². The first-order valence-corrected chi connectivity index (χ1v) is 14.0. The zero-order valence-corrected chi connectivity index (χ0v) is 25.0. The van der Waals surface area contributed by atoms with Crippen LogP contribution in [0.1, 0.15) is 32.9 Å². The Labute approximate surface area is 249 Å². The number of fused-ring (bicyclic) bond motifs is 1. The number of oxime groups is 1. The quantitative estimate of drug-likeness (QED) is 0.0923. The predicted molar refractivity (Wildman–Crippen MR) is 151 cm³/mol. The molecule has 2 unspecified atom stereocenters. The predicted octanol–water partition coefficient (Wildman–Crippen LogP) is 0.858. The summed E-state index contributed by atoms with van der Waals surface area (Å²) < 4.78 is 5.31. The molecule has 0 aliphatic carbocycles. The van der Waals surface area contributed by atoms with Crippen molar-refractivity contribution in [3.05, 3.63) is 34.0 Å². The second-order valence-electron chi connectivity index (χ2n) is 10.0. The van der Waals surface area contributed by atoms with Gasteiger partial charge in [0.2, 0.25) is 0 Å². The van der Waals surface area contributed by atoms with Crippen LogP contribution in [0.25, 0.3) is 0 Å². The number of carbonyl (C=O) groups excluding carboxylic acids is 5. The molecule has 3 aliphatic rings. The Kier molecular flexibility index (Phi) is 9.84. The summed E-state index contributed by atoms with van der Waals surface area (Å²) in [6.45, 7) is 4.90. The van der Waals surface area contributed by atoms with Crippen molar-refractivity contribution < 1.29 is 38.8 Å². The Hall–Kier alpha value is -3.47. The van der Waals surface area contributed by atoms with Gasteiger partial charge in [-0.25, -0.2) is 14.8 Å². The molecule has 1 aromatic rings. The normalized spacial score (nSPS) is 21.9. The fourth-order valence-electron chi connectivity index (χ4n) is 4.09. The zero-order chi connectivity index (χ0) is 29.4. The second-order valence-corrected chi connectivity index (χ2v) is 12.0. The first kappa shape index (κ1) is 32.0. The number of nitrogens with two attached hydrogens (primary N) is 1. The summed E-state index contributed by atoms with van der Waals surface area (Å²) in [5.74, 6) is -2.87. The number of β-lactam (4-membered cyclic amide) rings is 1. The molecule has 14 nitrogen and oxygen atoms in total. The van der Waals surface area contributed by atoms with Gasteiger partial charge in [-0.1, -0.05) is 25.9 Å². The summed E-state index contributed by atoms with van der Waals surface area (Å²) in [6.07, 6.45) is 1.90. The molecule has 0 radical (unpaired) electrons. The topological polar surface area (TPSA) is 194 Å². The van der Waals surface area contributed by atoms with Gasteiger partial charge in [0.05, 0.1) is 13.7 Å². The lowest BCUT2D eigenvalue weighted by Gasteiger charge is -2.49. The average molecular weight is 629 g/mol. The lowest BCUT2D eigenvalue weighted by Crippen LogP contribution is -2.71. The molecular formula is C24H29ClN6O8S2. The molecule has 2 fully saturated rings. The van der Waals surface area contributed by atoms with Crippen LogP contribution in [0.2, 0.25) is 0 Å². The minimum absolute atomic E-state index is 0. The maximum absolute atomic E-state index is 13.3. The Morgan fingerprint density at radius 3 is 2.59 bits per heavy atom. The number of hydroxylamine groups is 2. The van der Waals surface area contributed by atoms with Crippen molar-refractivity contribution in [1.29, 1.82) is 0 Å². The number of nitrogen functional groups attached to an aromatic ring is 1. The summed E-state index contributed by atoms with van der Waals surface area (Å²) >= 11 is 2.30. The number of anilines is 1. The number of hydrogen-bond donors (Lipinski definition) is 3. The number of hydrogen-bond acceptors (Lipinski definition) is 13. The number of esters is 1. The Bertz CT molecular complexity index is 1370. The number of allylic oxidation sites excluding steroid dienone is 1. The van der Waals surface area contributed by atoms with E-state index in [1.165, 1.54) is 40.3 Å². The van der Waals surface area contributed by atoms with E-state index in [9.17, 15) is 29.2 Å². The van der Waals surface area contributed by atoms with Crippen LogP contribution in [0.5, 0.6) is 0 Å². The number of ether oxygens (including phenoxy) is 1. The fourth-order valence-corrected chi connectivity index (χ4v) is 5.94. The van der Waals surface area contributed by atoms with Crippen molar-refractivity contribution in [2.24, 2.45) is 10.6 Å². The average Bonchev–Trinajstić information content (AvgIpc) is 3.49. The van der Waals surface area contributed by atoms with E-state index in [0.29, 0.717) is 24.1 Å². The highest BCUT2D eigenvalue weighted by molar-refractivity contribution is 8.00. The summed E-state index contributed by atoms with van der Waals surface area (Å²) in [5, 5.41) is 17.0. The van der Waals surface area contributed by atoms with Gasteiger partial charge in [0.25, 0.3) is 17.7 Å². The maximum atomic E-state index is 13.3. The highest BCUT2D eigenvalue weighted by atomic mass is 35.5. The molecule has 0 aromatic carbocycles. The van der Waals surface area contributed by atoms with Crippen molar-refractivity contribution >= 4 is 75.8 Å². The number of thiazole rings is 1. The van der Waals surface area contributed by atoms with E-state index in [4.69, 9.17) is 15.3 Å². The molecule has 0 bridgehead atoms. The standard InChI is InChI=1S/C24H28N6O8S2.ClH/c1-24(2,3)14(31)8-38-22(35)17-12(7-11-5-6-29(37-4)19(11)33)9-39-21-16(20(34)30(17)21)27-18(32)15(28-36)13-10-40-23(25)26-13;/h7,10,16,21,36H,5-6,8-9H2,1-4H3,(H2,25,26)(H,27,32);1H. The molecule has 222 valence electrons. The SMILES string of the molecule is CON1CCC(=CC2=C(C(=O)OCC(=O)C(C)(C)C)N3C(=O)C(NC(=O)C(=NO)c4csc(N)n4)C3SC2)C1=O.Cl. The van der Waals surface area contributed by atoms with Crippen LogP contribution in [0.3, 0.4) is 0 Å². The monoisotopic (exact) mass is 628 g/mol. The van der Waals surface area contributed by atoms with Crippen LogP contribution in [-0.4, -0.2) is 92.8 Å².